The summed E-state index contributed by atoms with van der Waals surface area (Å²) in [6.07, 6.45) is -0.384. The number of carbonyl (C=O) groups excluding carboxylic acids is 1. The van der Waals surface area contributed by atoms with E-state index in [2.05, 4.69) is 0 Å². The minimum Gasteiger partial charge on any atom is -0.445 e. The molecule has 1 aromatic rings. The summed E-state index contributed by atoms with van der Waals surface area (Å²) in [6, 6.07) is 9.37. The molecule has 18 heavy (non-hydrogen) atoms. The zero-order valence-electron chi connectivity index (χ0n) is 10.2. The second-order valence-corrected chi connectivity index (χ2v) is 4.47. The Morgan fingerprint density at radius 2 is 2.17 bits per heavy atom. The highest BCUT2D eigenvalue weighted by molar-refractivity contribution is 5.68. The first-order valence-corrected chi connectivity index (χ1v) is 6.06. The molecule has 98 valence electrons. The van der Waals surface area contributed by atoms with Crippen LogP contribution in [-0.2, 0) is 11.3 Å². The zero-order chi connectivity index (χ0) is 13.0. The fraction of sp³-hybridized carbons (Fsp3) is 0.462. The topological polar surface area (TPSA) is 75.8 Å². The predicted molar refractivity (Wildman–Crippen MR) is 66.8 cm³/mol. The molecule has 1 fully saturated rings. The number of aliphatic hydroxyl groups excluding tert-OH is 1. The lowest BCUT2D eigenvalue weighted by atomic mass is 10.2. The Morgan fingerprint density at radius 1 is 1.44 bits per heavy atom. The van der Waals surface area contributed by atoms with Crippen LogP contribution in [0.4, 0.5) is 4.79 Å². The van der Waals surface area contributed by atoms with Crippen LogP contribution in [0.2, 0.25) is 0 Å². The third-order valence-electron chi connectivity index (χ3n) is 3.10. The van der Waals surface area contributed by atoms with Gasteiger partial charge in [-0.3, -0.25) is 0 Å². The average molecular weight is 250 g/mol. The van der Waals surface area contributed by atoms with Gasteiger partial charge in [-0.2, -0.15) is 0 Å². The first-order chi connectivity index (χ1) is 8.70. The Hall–Kier alpha value is -1.59. The molecule has 1 saturated heterocycles. The van der Waals surface area contributed by atoms with Gasteiger partial charge in [-0.05, 0) is 12.0 Å². The lowest BCUT2D eigenvalue weighted by Gasteiger charge is -2.22. The minimum absolute atomic E-state index is 0.122. The number of benzene rings is 1. The second kappa shape index (κ2) is 5.84. The highest BCUT2D eigenvalue weighted by atomic mass is 16.6. The molecule has 0 saturated carbocycles. The van der Waals surface area contributed by atoms with E-state index < -0.39 is 12.2 Å². The number of β-amino-alcohol motifs (C(OH)–C–C–N with tert-alkyl or cyclic N) is 1. The van der Waals surface area contributed by atoms with Gasteiger partial charge in [0.15, 0.2) is 0 Å². The second-order valence-electron chi connectivity index (χ2n) is 4.47. The van der Waals surface area contributed by atoms with Gasteiger partial charge in [0.2, 0.25) is 0 Å². The van der Waals surface area contributed by atoms with E-state index >= 15 is 0 Å². The summed E-state index contributed by atoms with van der Waals surface area (Å²) in [5, 5.41) is 9.53. The molecule has 0 radical (unpaired) electrons. The van der Waals surface area contributed by atoms with Crippen LogP contribution in [0.5, 0.6) is 0 Å². The van der Waals surface area contributed by atoms with E-state index in [0.29, 0.717) is 19.5 Å². The van der Waals surface area contributed by atoms with Gasteiger partial charge >= 0.3 is 6.09 Å². The molecule has 2 atom stereocenters. The number of nitrogens with two attached hydrogens (primary N) is 1. The number of nitrogens with zero attached hydrogens (tertiary/aromatic N) is 1. The van der Waals surface area contributed by atoms with Crippen LogP contribution in [0.25, 0.3) is 0 Å². The molecule has 0 aromatic heterocycles. The molecule has 5 heteroatoms. The molecule has 0 bridgehead atoms. The van der Waals surface area contributed by atoms with Crippen molar-refractivity contribution in [1.82, 2.24) is 4.90 Å². The van der Waals surface area contributed by atoms with E-state index in [9.17, 15) is 9.90 Å². The average Bonchev–Trinajstić information content (AvgIpc) is 2.78. The highest BCUT2D eigenvalue weighted by Gasteiger charge is 2.34. The van der Waals surface area contributed by atoms with Gasteiger partial charge in [0, 0.05) is 12.6 Å². The Balaban J connectivity index is 1.88. The van der Waals surface area contributed by atoms with Crippen LogP contribution in [-0.4, -0.2) is 41.3 Å². The van der Waals surface area contributed by atoms with Crippen molar-refractivity contribution >= 4 is 6.09 Å². The number of hydrogen-bond donors (Lipinski definition) is 2. The summed E-state index contributed by atoms with van der Waals surface area (Å²) in [7, 11) is 0. The summed E-state index contributed by atoms with van der Waals surface area (Å²) in [6.45, 7) is 0.885. The summed E-state index contributed by atoms with van der Waals surface area (Å²) in [5.74, 6) is 0. The van der Waals surface area contributed by atoms with Gasteiger partial charge in [-0.1, -0.05) is 30.3 Å². The van der Waals surface area contributed by atoms with Crippen molar-refractivity contribution in [2.24, 2.45) is 5.73 Å². The molecule has 1 amide bonds. The maximum absolute atomic E-state index is 11.9. The number of aliphatic hydroxyl groups is 1. The first-order valence-electron chi connectivity index (χ1n) is 6.06. The number of rotatable bonds is 3. The van der Waals surface area contributed by atoms with Crippen LogP contribution >= 0.6 is 0 Å². The SMILES string of the molecule is NC[C@@H]1C[C@@H](O)CN1C(=O)OCc1ccccc1. The van der Waals surface area contributed by atoms with Crippen molar-refractivity contribution in [2.45, 2.75) is 25.2 Å². The number of hydrogen-bond acceptors (Lipinski definition) is 4. The molecular weight excluding hydrogens is 232 g/mol. The molecule has 1 aromatic carbocycles. The van der Waals surface area contributed by atoms with Crippen molar-refractivity contribution < 1.29 is 14.6 Å². The van der Waals surface area contributed by atoms with E-state index in [4.69, 9.17) is 10.5 Å². The molecule has 1 aliphatic rings. The lowest BCUT2D eigenvalue weighted by molar-refractivity contribution is 0.0885. The predicted octanol–water partition coefficient (Wildman–Crippen LogP) is 0.717. The van der Waals surface area contributed by atoms with Crippen molar-refractivity contribution in [3.8, 4) is 0 Å². The molecule has 5 nitrogen and oxygen atoms in total. The summed E-state index contributed by atoms with van der Waals surface area (Å²) in [5.41, 5.74) is 6.51. The molecule has 0 aliphatic carbocycles. The molecule has 1 aliphatic heterocycles. The summed E-state index contributed by atoms with van der Waals surface area (Å²) >= 11 is 0. The molecular formula is C13H18N2O3. The van der Waals surface area contributed by atoms with E-state index in [1.165, 1.54) is 4.90 Å². The van der Waals surface area contributed by atoms with Gasteiger partial charge in [-0.25, -0.2) is 4.79 Å². The number of carbonyl (C=O) groups is 1. The van der Waals surface area contributed by atoms with E-state index in [1.807, 2.05) is 30.3 Å². The Bertz CT molecular complexity index is 396. The molecule has 1 heterocycles. The first kappa shape index (κ1) is 12.9. The van der Waals surface area contributed by atoms with Gasteiger partial charge in [-0.15, -0.1) is 0 Å². The van der Waals surface area contributed by atoms with Crippen LogP contribution in [0.15, 0.2) is 30.3 Å². The van der Waals surface area contributed by atoms with Gasteiger partial charge in [0.1, 0.15) is 6.61 Å². The number of likely N-dealkylation sites (tertiary alicyclic amines) is 1. The van der Waals surface area contributed by atoms with Crippen molar-refractivity contribution in [3.05, 3.63) is 35.9 Å². The normalized spacial score (nSPS) is 23.1. The van der Waals surface area contributed by atoms with Crippen molar-refractivity contribution in [3.63, 3.8) is 0 Å². The Morgan fingerprint density at radius 3 is 2.83 bits per heavy atom. The highest BCUT2D eigenvalue weighted by Crippen LogP contribution is 2.18. The number of ether oxygens (including phenoxy) is 1. The molecule has 2 rings (SSSR count). The van der Waals surface area contributed by atoms with E-state index in [-0.39, 0.29) is 12.6 Å². The Kier molecular flexibility index (Phi) is 4.17. The monoisotopic (exact) mass is 250 g/mol. The van der Waals surface area contributed by atoms with Crippen molar-refractivity contribution in [1.29, 1.82) is 0 Å². The van der Waals surface area contributed by atoms with Crippen LogP contribution in [0.3, 0.4) is 0 Å². The third-order valence-corrected chi connectivity index (χ3v) is 3.10. The van der Waals surface area contributed by atoms with E-state index in [1.54, 1.807) is 0 Å². The van der Waals surface area contributed by atoms with Gasteiger partial charge < -0.3 is 20.5 Å². The fourth-order valence-corrected chi connectivity index (χ4v) is 2.14. The fourth-order valence-electron chi connectivity index (χ4n) is 2.14. The minimum atomic E-state index is -0.497. The Labute approximate surface area is 106 Å². The molecule has 0 spiro atoms. The van der Waals surface area contributed by atoms with Crippen LogP contribution in [0.1, 0.15) is 12.0 Å². The summed E-state index contributed by atoms with van der Waals surface area (Å²) < 4.78 is 5.21. The van der Waals surface area contributed by atoms with Crippen LogP contribution < -0.4 is 5.73 Å². The molecule has 0 unspecified atom stereocenters. The van der Waals surface area contributed by atoms with Gasteiger partial charge in [0.05, 0.1) is 12.6 Å². The largest absolute Gasteiger partial charge is 0.445 e. The zero-order valence-corrected chi connectivity index (χ0v) is 10.2. The molecule has 3 N–H and O–H groups in total. The number of amides is 1. The maximum Gasteiger partial charge on any atom is 0.410 e. The van der Waals surface area contributed by atoms with Crippen molar-refractivity contribution in [2.75, 3.05) is 13.1 Å². The maximum atomic E-state index is 11.9. The third kappa shape index (κ3) is 3.00. The lowest BCUT2D eigenvalue weighted by Crippen LogP contribution is -2.40. The smallest absolute Gasteiger partial charge is 0.410 e. The van der Waals surface area contributed by atoms with E-state index in [0.717, 1.165) is 5.56 Å². The standard InChI is InChI=1S/C13H18N2O3/c14-7-11-6-12(16)8-15(11)13(17)18-9-10-4-2-1-3-5-10/h1-5,11-12,16H,6-9,14H2/t11-,12+/m0/s1. The van der Waals surface area contributed by atoms with Crippen LogP contribution in [0, 0.1) is 0 Å². The summed E-state index contributed by atoms with van der Waals surface area (Å²) in [4.78, 5) is 13.4. The quantitative estimate of drug-likeness (QED) is 0.828. The van der Waals surface area contributed by atoms with Gasteiger partial charge in [0.25, 0.3) is 0 Å².